The molecule has 0 aromatic rings. The Labute approximate surface area is 121 Å². The van der Waals surface area contributed by atoms with Crippen LogP contribution in [0.2, 0.25) is 0 Å². The van der Waals surface area contributed by atoms with Crippen LogP contribution in [0.25, 0.3) is 0 Å². The maximum Gasteiger partial charge on any atom is 0.326 e. The van der Waals surface area contributed by atoms with Gasteiger partial charge in [-0.3, -0.25) is 0 Å². The van der Waals surface area contributed by atoms with Crippen molar-refractivity contribution in [2.75, 3.05) is 13.2 Å². The standard InChI is InChI=1S/C14H28N2O4/c1-7-20-8-10(9(2)3)15-13(19)16-11(12(17)18)14(4,5)6/h9-11H,7-8H2,1-6H3,(H,17,18)(H2,15,16,19)/t10?,11-/m0/s1. The largest absolute Gasteiger partial charge is 0.480 e. The smallest absolute Gasteiger partial charge is 0.326 e. The highest BCUT2D eigenvalue weighted by atomic mass is 16.5. The second-order valence-electron chi connectivity index (χ2n) is 6.27. The first-order valence-electron chi connectivity index (χ1n) is 6.97. The van der Waals surface area contributed by atoms with Crippen molar-refractivity contribution in [2.24, 2.45) is 11.3 Å². The molecular weight excluding hydrogens is 260 g/mol. The van der Waals surface area contributed by atoms with Crippen molar-refractivity contribution in [3.8, 4) is 0 Å². The fourth-order valence-corrected chi connectivity index (χ4v) is 1.64. The molecule has 0 aliphatic heterocycles. The Kier molecular flexibility index (Phi) is 7.57. The zero-order valence-electron chi connectivity index (χ0n) is 13.3. The van der Waals surface area contributed by atoms with Crippen LogP contribution >= 0.6 is 0 Å². The summed E-state index contributed by atoms with van der Waals surface area (Å²) < 4.78 is 5.32. The maximum atomic E-state index is 11.9. The average molecular weight is 288 g/mol. The van der Waals surface area contributed by atoms with Crippen LogP contribution in [0.1, 0.15) is 41.5 Å². The molecule has 0 aliphatic rings. The summed E-state index contributed by atoms with van der Waals surface area (Å²) in [6, 6.07) is -1.57. The quantitative estimate of drug-likeness (QED) is 0.667. The molecule has 0 radical (unpaired) electrons. The first kappa shape index (κ1) is 18.7. The normalized spacial score (nSPS) is 14.8. The molecule has 0 heterocycles. The number of ether oxygens (including phenoxy) is 1. The molecule has 6 heteroatoms. The van der Waals surface area contributed by atoms with E-state index in [1.807, 2.05) is 20.8 Å². The lowest BCUT2D eigenvalue weighted by Gasteiger charge is -2.29. The number of urea groups is 1. The van der Waals surface area contributed by atoms with E-state index in [-0.39, 0.29) is 12.0 Å². The van der Waals surface area contributed by atoms with E-state index in [0.29, 0.717) is 13.2 Å². The van der Waals surface area contributed by atoms with E-state index >= 15 is 0 Å². The van der Waals surface area contributed by atoms with Crippen molar-refractivity contribution in [1.29, 1.82) is 0 Å². The summed E-state index contributed by atoms with van der Waals surface area (Å²) in [6.07, 6.45) is 0. The number of nitrogens with one attached hydrogen (secondary N) is 2. The van der Waals surface area contributed by atoms with E-state index in [0.717, 1.165) is 0 Å². The summed E-state index contributed by atoms with van der Waals surface area (Å²) in [6.45, 7) is 12.1. The van der Waals surface area contributed by atoms with Crippen LogP contribution in [-0.2, 0) is 9.53 Å². The Bertz CT molecular complexity index is 324. The maximum absolute atomic E-state index is 11.9. The minimum absolute atomic E-state index is 0.149. The van der Waals surface area contributed by atoms with E-state index in [2.05, 4.69) is 10.6 Å². The van der Waals surface area contributed by atoms with E-state index in [1.54, 1.807) is 20.8 Å². The van der Waals surface area contributed by atoms with Crippen LogP contribution in [0.3, 0.4) is 0 Å². The number of amides is 2. The lowest BCUT2D eigenvalue weighted by atomic mass is 9.87. The topological polar surface area (TPSA) is 87.7 Å². The number of carbonyl (C=O) groups is 2. The number of carboxylic acids is 1. The van der Waals surface area contributed by atoms with E-state index < -0.39 is 23.5 Å². The minimum Gasteiger partial charge on any atom is -0.480 e. The molecule has 0 saturated heterocycles. The van der Waals surface area contributed by atoms with Crippen molar-refractivity contribution < 1.29 is 19.4 Å². The van der Waals surface area contributed by atoms with Crippen LogP contribution in [-0.4, -0.2) is 42.4 Å². The lowest BCUT2D eigenvalue weighted by molar-refractivity contribution is -0.141. The highest BCUT2D eigenvalue weighted by Gasteiger charge is 2.33. The molecule has 20 heavy (non-hydrogen) atoms. The van der Waals surface area contributed by atoms with Gasteiger partial charge in [0.05, 0.1) is 12.6 Å². The summed E-state index contributed by atoms with van der Waals surface area (Å²) in [5, 5.41) is 14.5. The number of carbonyl (C=O) groups excluding carboxylic acids is 1. The first-order valence-corrected chi connectivity index (χ1v) is 6.97. The third-order valence-corrected chi connectivity index (χ3v) is 3.01. The fourth-order valence-electron chi connectivity index (χ4n) is 1.64. The molecule has 0 aromatic carbocycles. The van der Waals surface area contributed by atoms with E-state index in [4.69, 9.17) is 4.74 Å². The molecule has 0 saturated carbocycles. The van der Waals surface area contributed by atoms with Gasteiger partial charge in [0.2, 0.25) is 0 Å². The van der Waals surface area contributed by atoms with Crippen LogP contribution in [0, 0.1) is 11.3 Å². The van der Waals surface area contributed by atoms with Gasteiger partial charge in [0.25, 0.3) is 0 Å². The molecule has 0 aromatic heterocycles. The van der Waals surface area contributed by atoms with Crippen molar-refractivity contribution >= 4 is 12.0 Å². The second kappa shape index (κ2) is 8.09. The molecular formula is C14H28N2O4. The number of aliphatic carboxylic acids is 1. The van der Waals surface area contributed by atoms with Crippen LogP contribution < -0.4 is 10.6 Å². The zero-order chi connectivity index (χ0) is 15.9. The van der Waals surface area contributed by atoms with E-state index in [9.17, 15) is 14.7 Å². The highest BCUT2D eigenvalue weighted by Crippen LogP contribution is 2.19. The molecule has 6 nitrogen and oxygen atoms in total. The monoisotopic (exact) mass is 288 g/mol. The van der Waals surface area contributed by atoms with Gasteiger partial charge in [0, 0.05) is 6.61 Å². The second-order valence-corrected chi connectivity index (χ2v) is 6.27. The molecule has 0 bridgehead atoms. The molecule has 2 amide bonds. The third-order valence-electron chi connectivity index (χ3n) is 3.01. The molecule has 2 atom stereocenters. The molecule has 1 unspecified atom stereocenters. The third kappa shape index (κ3) is 6.75. The summed E-state index contributed by atoms with van der Waals surface area (Å²) in [5.41, 5.74) is -0.559. The van der Waals surface area contributed by atoms with Crippen LogP contribution in [0.5, 0.6) is 0 Å². The van der Waals surface area contributed by atoms with Gasteiger partial charge < -0.3 is 20.5 Å². The van der Waals surface area contributed by atoms with E-state index in [1.165, 1.54) is 0 Å². The fraction of sp³-hybridized carbons (Fsp3) is 0.857. The summed E-state index contributed by atoms with van der Waals surface area (Å²) in [5.74, 6) is -0.844. The molecule has 0 aliphatic carbocycles. The average Bonchev–Trinajstić information content (AvgIpc) is 2.29. The SMILES string of the molecule is CCOCC(NC(=O)N[C@@H](C(=O)O)C(C)(C)C)C(C)C. The number of rotatable bonds is 7. The molecule has 0 fully saturated rings. The Morgan fingerprint density at radius 1 is 1.20 bits per heavy atom. The van der Waals surface area contributed by atoms with Gasteiger partial charge in [-0.15, -0.1) is 0 Å². The predicted octanol–water partition coefficient (Wildman–Crippen LogP) is 1.85. The number of hydrogen-bond donors (Lipinski definition) is 3. The minimum atomic E-state index is -1.04. The summed E-state index contributed by atoms with van der Waals surface area (Å²) >= 11 is 0. The first-order chi connectivity index (χ1) is 9.09. The van der Waals surface area contributed by atoms with Crippen molar-refractivity contribution in [3.05, 3.63) is 0 Å². The Balaban J connectivity index is 4.61. The molecule has 0 spiro atoms. The van der Waals surface area contributed by atoms with Gasteiger partial charge in [0.15, 0.2) is 0 Å². The Morgan fingerprint density at radius 2 is 1.75 bits per heavy atom. The number of hydrogen-bond acceptors (Lipinski definition) is 3. The van der Waals surface area contributed by atoms with Crippen LogP contribution in [0.4, 0.5) is 4.79 Å². The van der Waals surface area contributed by atoms with Crippen molar-refractivity contribution in [2.45, 2.75) is 53.6 Å². The lowest BCUT2D eigenvalue weighted by Crippen LogP contribution is -2.55. The molecule has 3 N–H and O–H groups in total. The van der Waals surface area contributed by atoms with Gasteiger partial charge in [0.1, 0.15) is 6.04 Å². The highest BCUT2D eigenvalue weighted by molar-refractivity contribution is 5.83. The van der Waals surface area contributed by atoms with Gasteiger partial charge >= 0.3 is 12.0 Å². The molecule has 0 rings (SSSR count). The van der Waals surface area contributed by atoms with Gasteiger partial charge in [-0.2, -0.15) is 0 Å². The van der Waals surface area contributed by atoms with Gasteiger partial charge in [-0.05, 0) is 18.3 Å². The zero-order valence-corrected chi connectivity index (χ0v) is 13.3. The summed E-state index contributed by atoms with van der Waals surface area (Å²) in [4.78, 5) is 23.1. The molecule has 118 valence electrons. The Morgan fingerprint density at radius 3 is 2.10 bits per heavy atom. The number of carboxylic acid groups (broad SMARTS) is 1. The predicted molar refractivity (Wildman–Crippen MR) is 77.7 cm³/mol. The van der Waals surface area contributed by atoms with Gasteiger partial charge in [-0.25, -0.2) is 9.59 Å². The van der Waals surface area contributed by atoms with Crippen molar-refractivity contribution in [3.63, 3.8) is 0 Å². The Hall–Kier alpha value is -1.30. The van der Waals surface area contributed by atoms with Crippen LogP contribution in [0.15, 0.2) is 0 Å². The van der Waals surface area contributed by atoms with Gasteiger partial charge in [-0.1, -0.05) is 34.6 Å². The summed E-state index contributed by atoms with van der Waals surface area (Å²) in [7, 11) is 0. The van der Waals surface area contributed by atoms with Crippen molar-refractivity contribution in [1.82, 2.24) is 10.6 Å².